The summed E-state index contributed by atoms with van der Waals surface area (Å²) in [5.41, 5.74) is 1.56. The van der Waals surface area contributed by atoms with Crippen molar-refractivity contribution in [1.29, 1.82) is 5.26 Å². The van der Waals surface area contributed by atoms with Crippen molar-refractivity contribution in [2.45, 2.75) is 19.8 Å². The monoisotopic (exact) mass is 467 g/mol. The highest BCUT2D eigenvalue weighted by molar-refractivity contribution is 8.14. The Morgan fingerprint density at radius 1 is 1.25 bits per heavy atom. The molecule has 0 aromatic heterocycles. The number of carbonyl (C=O) groups excluding carboxylic acids is 2. The van der Waals surface area contributed by atoms with E-state index in [-0.39, 0.29) is 28.6 Å². The Morgan fingerprint density at radius 2 is 1.97 bits per heavy atom. The maximum absolute atomic E-state index is 12.6. The molecule has 7 nitrogen and oxygen atoms in total. The number of benzene rings is 2. The molecule has 1 aliphatic heterocycles. The Morgan fingerprint density at radius 3 is 2.59 bits per heavy atom. The van der Waals surface area contributed by atoms with Gasteiger partial charge in [-0.05, 0) is 25.5 Å². The number of nitriles is 1. The van der Waals surface area contributed by atoms with E-state index in [0.717, 1.165) is 11.8 Å². The first-order valence-electron chi connectivity index (χ1n) is 9.59. The summed E-state index contributed by atoms with van der Waals surface area (Å²) in [6.07, 6.45) is 0. The number of hydrogen-bond acceptors (Lipinski definition) is 7. The lowest BCUT2D eigenvalue weighted by Gasteiger charge is -2.30. The van der Waals surface area contributed by atoms with E-state index in [2.05, 4.69) is 11.1 Å². The smallest absolute Gasteiger partial charge is 0.270 e. The number of ketones is 2. The Balaban J connectivity index is 1.93. The van der Waals surface area contributed by atoms with Gasteiger partial charge in [0.25, 0.3) is 5.69 Å². The first-order chi connectivity index (χ1) is 15.2. The van der Waals surface area contributed by atoms with Crippen molar-refractivity contribution in [3.63, 3.8) is 0 Å². The van der Waals surface area contributed by atoms with Crippen molar-refractivity contribution in [3.05, 3.63) is 86.1 Å². The quantitative estimate of drug-likeness (QED) is 0.321. The molecule has 0 fully saturated rings. The van der Waals surface area contributed by atoms with E-state index in [4.69, 9.17) is 11.6 Å². The number of nitro groups is 1. The lowest BCUT2D eigenvalue weighted by atomic mass is 9.77. The molecule has 0 radical (unpaired) electrons. The third kappa shape index (κ3) is 4.79. The number of nitro benzene ring substituents is 1. The van der Waals surface area contributed by atoms with Crippen molar-refractivity contribution in [1.82, 2.24) is 0 Å². The molecule has 0 aliphatic carbocycles. The van der Waals surface area contributed by atoms with Crippen LogP contribution in [0, 0.1) is 27.4 Å². The largest absolute Gasteiger partial charge is 0.295 e. The van der Waals surface area contributed by atoms with Crippen LogP contribution in [-0.4, -0.2) is 27.3 Å². The van der Waals surface area contributed by atoms with Gasteiger partial charge in [-0.2, -0.15) is 5.26 Å². The molecule has 2 atom stereocenters. The van der Waals surface area contributed by atoms with Gasteiger partial charge in [-0.1, -0.05) is 41.9 Å². The van der Waals surface area contributed by atoms with E-state index in [1.54, 1.807) is 31.2 Å². The molecule has 0 amide bonds. The third-order valence-electron chi connectivity index (χ3n) is 5.07. The second-order valence-corrected chi connectivity index (χ2v) is 8.53. The molecule has 9 heteroatoms. The molecule has 0 saturated carbocycles. The van der Waals surface area contributed by atoms with E-state index < -0.39 is 16.8 Å². The maximum atomic E-state index is 12.6. The summed E-state index contributed by atoms with van der Waals surface area (Å²) in [6.45, 7) is 3.12. The minimum atomic E-state index is -0.805. The summed E-state index contributed by atoms with van der Waals surface area (Å²) < 4.78 is 0. The van der Waals surface area contributed by atoms with Crippen molar-refractivity contribution in [2.75, 3.05) is 5.75 Å². The van der Waals surface area contributed by atoms with Crippen LogP contribution in [0.5, 0.6) is 0 Å². The highest BCUT2D eigenvalue weighted by Gasteiger charge is 2.38. The topological polar surface area (TPSA) is 113 Å². The van der Waals surface area contributed by atoms with Crippen molar-refractivity contribution < 1.29 is 14.5 Å². The Hall–Kier alpha value is -3.28. The number of Topliss-reactive ketones (excluding diaryl/α,β-unsaturated/α-hetero) is 2. The third-order valence-corrected chi connectivity index (χ3v) is 6.46. The molecular formula is C23H18ClN3O4S. The number of thioether (sulfide) groups is 1. The van der Waals surface area contributed by atoms with Gasteiger partial charge in [-0.25, -0.2) is 4.99 Å². The number of nitrogens with zero attached hydrogens (tertiary/aromatic N) is 3. The highest BCUT2D eigenvalue weighted by atomic mass is 35.5. The summed E-state index contributed by atoms with van der Waals surface area (Å²) in [5.74, 6) is -2.00. The van der Waals surface area contributed by atoms with Crippen LogP contribution in [0.3, 0.4) is 0 Å². The second-order valence-electron chi connectivity index (χ2n) is 7.13. The number of halogens is 1. The molecule has 1 aliphatic rings. The predicted octanol–water partition coefficient (Wildman–Crippen LogP) is 5.36. The van der Waals surface area contributed by atoms with Gasteiger partial charge in [0.1, 0.15) is 5.92 Å². The summed E-state index contributed by atoms with van der Waals surface area (Å²) in [7, 11) is 0. The lowest BCUT2D eigenvalue weighted by molar-refractivity contribution is -0.384. The summed E-state index contributed by atoms with van der Waals surface area (Å²) in [4.78, 5) is 39.9. The SMILES string of the molecule is CC(=O)C1=C(C)N=C(SCC(=O)c2cccc([N+](=O)[O-])c2)C(C#N)C1c1ccccc1Cl. The molecule has 3 rings (SSSR count). The fourth-order valence-electron chi connectivity index (χ4n) is 3.63. The predicted molar refractivity (Wildman–Crippen MR) is 124 cm³/mol. The molecule has 0 saturated heterocycles. The maximum Gasteiger partial charge on any atom is 0.270 e. The molecule has 162 valence electrons. The molecule has 0 bridgehead atoms. The molecular weight excluding hydrogens is 450 g/mol. The van der Waals surface area contributed by atoms with Crippen LogP contribution in [0.4, 0.5) is 5.69 Å². The number of hydrogen-bond donors (Lipinski definition) is 0. The standard InChI is InChI=1S/C23H18ClN3O4S/c1-13-21(14(2)28)22(17-8-3-4-9-19(17)24)18(11-25)23(26-13)32-12-20(29)15-6-5-7-16(10-15)27(30)31/h3-10,18,22H,12H2,1-2H3. The van der Waals surface area contributed by atoms with Crippen molar-refractivity contribution in [2.24, 2.45) is 10.9 Å². The van der Waals surface area contributed by atoms with Gasteiger partial charge in [0.2, 0.25) is 0 Å². The van der Waals surface area contributed by atoms with Crippen molar-refractivity contribution in [3.8, 4) is 6.07 Å². The van der Waals surface area contributed by atoms with Crippen molar-refractivity contribution >= 4 is 45.7 Å². The van der Waals surface area contributed by atoms with Gasteiger partial charge in [0.15, 0.2) is 11.6 Å². The average molecular weight is 468 g/mol. The van der Waals surface area contributed by atoms with E-state index >= 15 is 0 Å². The zero-order chi connectivity index (χ0) is 23.4. The van der Waals surface area contributed by atoms with Crippen LogP contribution in [0.15, 0.2) is 64.8 Å². The molecule has 1 heterocycles. The summed E-state index contributed by atoms with van der Waals surface area (Å²) >= 11 is 7.48. The number of non-ortho nitro benzene ring substituents is 1. The van der Waals surface area contributed by atoms with Gasteiger partial charge in [0, 0.05) is 39.9 Å². The molecule has 2 unspecified atom stereocenters. The summed E-state index contributed by atoms with van der Waals surface area (Å²) in [6, 6.07) is 14.7. The fraction of sp³-hybridized carbons (Fsp3) is 0.217. The average Bonchev–Trinajstić information content (AvgIpc) is 2.77. The minimum absolute atomic E-state index is 0.0594. The van der Waals surface area contributed by atoms with Crippen LogP contribution in [0.2, 0.25) is 5.02 Å². The van der Waals surface area contributed by atoms with E-state index in [0.29, 0.717) is 26.9 Å². The van der Waals surface area contributed by atoms with E-state index in [9.17, 15) is 25.0 Å². The molecule has 32 heavy (non-hydrogen) atoms. The van der Waals surface area contributed by atoms with Gasteiger partial charge in [-0.3, -0.25) is 19.7 Å². The molecule has 0 spiro atoms. The molecule has 2 aromatic rings. The van der Waals surface area contributed by atoms with Crippen LogP contribution < -0.4 is 0 Å². The van der Waals surface area contributed by atoms with Gasteiger partial charge in [0.05, 0.1) is 21.8 Å². The Kier molecular flexibility index (Phi) is 7.23. The van der Waals surface area contributed by atoms with Crippen LogP contribution in [0.1, 0.15) is 35.7 Å². The zero-order valence-corrected chi connectivity index (χ0v) is 18.8. The van der Waals surface area contributed by atoms with Gasteiger partial charge in [-0.15, -0.1) is 11.8 Å². The Bertz CT molecular complexity index is 1220. The molecule has 0 N–H and O–H groups in total. The van der Waals surface area contributed by atoms with Gasteiger partial charge < -0.3 is 0 Å². The van der Waals surface area contributed by atoms with Crippen LogP contribution in [0.25, 0.3) is 0 Å². The number of aliphatic imine (C=N–C) groups is 1. The first-order valence-corrected chi connectivity index (χ1v) is 11.0. The zero-order valence-electron chi connectivity index (χ0n) is 17.2. The highest BCUT2D eigenvalue weighted by Crippen LogP contribution is 2.43. The molecule has 2 aromatic carbocycles. The normalized spacial score (nSPS) is 18.0. The number of rotatable bonds is 6. The Labute approximate surface area is 193 Å². The van der Waals surface area contributed by atoms with Crippen LogP contribution in [-0.2, 0) is 4.79 Å². The van der Waals surface area contributed by atoms with E-state index in [1.807, 2.05) is 0 Å². The minimum Gasteiger partial charge on any atom is -0.295 e. The lowest BCUT2D eigenvalue weighted by Crippen LogP contribution is -2.28. The summed E-state index contributed by atoms with van der Waals surface area (Å²) in [5, 5.41) is 21.8. The van der Waals surface area contributed by atoms with Gasteiger partial charge >= 0.3 is 0 Å². The number of carbonyl (C=O) groups is 2. The first kappa shape index (κ1) is 23.4. The second kappa shape index (κ2) is 9.90. The number of allylic oxidation sites excluding steroid dienone is 2. The fourth-order valence-corrected chi connectivity index (χ4v) is 4.90. The van der Waals surface area contributed by atoms with E-state index in [1.165, 1.54) is 31.2 Å². The van der Waals surface area contributed by atoms with Crippen LogP contribution >= 0.6 is 23.4 Å².